The second kappa shape index (κ2) is 7.57. The highest BCUT2D eigenvalue weighted by Gasteiger charge is 2.71. The van der Waals surface area contributed by atoms with Crippen LogP contribution in [-0.4, -0.2) is 34.0 Å². The van der Waals surface area contributed by atoms with Gasteiger partial charge in [-0.25, -0.2) is 4.79 Å². The van der Waals surface area contributed by atoms with Crippen molar-refractivity contribution in [2.75, 3.05) is 0 Å². The van der Waals surface area contributed by atoms with E-state index in [-0.39, 0.29) is 39.8 Å². The van der Waals surface area contributed by atoms with Gasteiger partial charge in [-0.05, 0) is 111 Å². The van der Waals surface area contributed by atoms with Crippen LogP contribution in [0.25, 0.3) is 0 Å². The molecule has 4 saturated carbocycles. The number of ether oxygens (including phenoxy) is 1. The molecule has 5 rings (SSSR count). The second-order valence-electron chi connectivity index (χ2n) is 14.5. The number of hydrogen-bond acceptors (Lipinski definition) is 4. The third-order valence-corrected chi connectivity index (χ3v) is 12.6. The molecule has 192 valence electrons. The summed E-state index contributed by atoms with van der Waals surface area (Å²) in [5, 5.41) is 22.6. The van der Waals surface area contributed by atoms with Crippen LogP contribution >= 0.6 is 0 Å². The molecule has 34 heavy (non-hydrogen) atoms. The van der Waals surface area contributed by atoms with E-state index >= 15 is 0 Å². The maximum absolute atomic E-state index is 13.0. The molecule has 0 aromatic heterocycles. The van der Waals surface area contributed by atoms with E-state index in [2.05, 4.69) is 34.6 Å². The lowest BCUT2D eigenvalue weighted by molar-refractivity contribution is -0.225. The summed E-state index contributed by atoms with van der Waals surface area (Å²) in [5.74, 6) is 1.15. The summed E-state index contributed by atoms with van der Waals surface area (Å²) in [5.41, 5.74) is 0.315. The summed E-state index contributed by atoms with van der Waals surface area (Å²) in [6.07, 6.45) is 10.6. The van der Waals surface area contributed by atoms with Crippen molar-refractivity contribution in [1.82, 2.24) is 0 Å². The van der Waals surface area contributed by atoms with Crippen molar-refractivity contribution >= 4 is 5.97 Å². The standard InChI is InChI=1S/C30H48O4/c1-18(2)16-19-17-30(33,25(32)34-19)21-10-14-28(6)20(21)8-9-23-27(5)13-12-24(31)26(3,4)22(27)11-15-29(23,28)7/h16,19-24,31,33H,8-15,17H2,1-7H3/t19-,20-,21+,22+,23-,24+,27+,28-,29-,30?/m1/s1. The van der Waals surface area contributed by atoms with Gasteiger partial charge in [0.15, 0.2) is 5.60 Å². The summed E-state index contributed by atoms with van der Waals surface area (Å²) in [7, 11) is 0. The third-order valence-electron chi connectivity index (χ3n) is 12.6. The second-order valence-corrected chi connectivity index (χ2v) is 14.5. The van der Waals surface area contributed by atoms with Crippen LogP contribution in [0.5, 0.6) is 0 Å². The Labute approximate surface area is 206 Å². The highest BCUT2D eigenvalue weighted by molar-refractivity contribution is 5.82. The molecule has 1 saturated heterocycles. The highest BCUT2D eigenvalue weighted by Crippen LogP contribution is 2.76. The van der Waals surface area contributed by atoms with Gasteiger partial charge >= 0.3 is 5.97 Å². The van der Waals surface area contributed by atoms with E-state index in [9.17, 15) is 15.0 Å². The van der Waals surface area contributed by atoms with E-state index in [0.717, 1.165) is 37.7 Å². The predicted molar refractivity (Wildman–Crippen MR) is 134 cm³/mol. The molecule has 4 nitrogen and oxygen atoms in total. The summed E-state index contributed by atoms with van der Waals surface area (Å²) in [6, 6.07) is 0. The van der Waals surface area contributed by atoms with E-state index in [1.54, 1.807) is 0 Å². The Morgan fingerprint density at radius 3 is 2.24 bits per heavy atom. The Hall–Kier alpha value is -0.870. The van der Waals surface area contributed by atoms with Crippen LogP contribution < -0.4 is 0 Å². The molecule has 2 N–H and O–H groups in total. The van der Waals surface area contributed by atoms with Gasteiger partial charge in [-0.1, -0.05) is 40.2 Å². The Kier molecular flexibility index (Phi) is 5.52. The number of rotatable bonds is 2. The minimum Gasteiger partial charge on any atom is -0.456 e. The fourth-order valence-electron chi connectivity index (χ4n) is 10.7. The third kappa shape index (κ3) is 3.06. The molecule has 1 aliphatic heterocycles. The van der Waals surface area contributed by atoms with Gasteiger partial charge in [0.2, 0.25) is 0 Å². The number of hydrogen-bond donors (Lipinski definition) is 2. The largest absolute Gasteiger partial charge is 0.456 e. The lowest BCUT2D eigenvalue weighted by Crippen LogP contribution is -2.64. The minimum absolute atomic E-state index is 0.00603. The summed E-state index contributed by atoms with van der Waals surface area (Å²) in [6.45, 7) is 16.2. The van der Waals surface area contributed by atoms with E-state index in [1.165, 1.54) is 19.3 Å². The van der Waals surface area contributed by atoms with Crippen molar-refractivity contribution in [1.29, 1.82) is 0 Å². The molecule has 0 bridgehead atoms. The Morgan fingerprint density at radius 1 is 0.882 bits per heavy atom. The Bertz CT molecular complexity index is 888. The van der Waals surface area contributed by atoms with Crippen molar-refractivity contribution in [3.05, 3.63) is 11.6 Å². The van der Waals surface area contributed by atoms with Gasteiger partial charge in [-0.2, -0.15) is 0 Å². The van der Waals surface area contributed by atoms with Gasteiger partial charge in [0.1, 0.15) is 6.10 Å². The summed E-state index contributed by atoms with van der Waals surface area (Å²) < 4.78 is 5.68. The lowest BCUT2D eigenvalue weighted by atomic mass is 9.35. The monoisotopic (exact) mass is 472 g/mol. The summed E-state index contributed by atoms with van der Waals surface area (Å²) >= 11 is 0. The lowest BCUT2D eigenvalue weighted by Gasteiger charge is -2.70. The maximum atomic E-state index is 13.0. The number of aliphatic hydroxyl groups is 2. The number of aliphatic hydroxyl groups excluding tert-OH is 1. The van der Waals surface area contributed by atoms with Crippen LogP contribution in [-0.2, 0) is 9.53 Å². The number of fused-ring (bicyclic) bond motifs is 5. The molecule has 0 spiro atoms. The first kappa shape index (κ1) is 24.8. The van der Waals surface area contributed by atoms with Gasteiger partial charge in [0, 0.05) is 12.3 Å². The van der Waals surface area contributed by atoms with Crippen molar-refractivity contribution in [2.24, 2.45) is 45.3 Å². The van der Waals surface area contributed by atoms with Crippen LogP contribution in [0, 0.1) is 45.3 Å². The minimum atomic E-state index is -1.35. The number of esters is 1. The van der Waals surface area contributed by atoms with Crippen LogP contribution in [0.4, 0.5) is 0 Å². The molecule has 4 aliphatic carbocycles. The fraction of sp³-hybridized carbons (Fsp3) is 0.900. The summed E-state index contributed by atoms with van der Waals surface area (Å²) in [4.78, 5) is 13.0. The normalized spacial score (nSPS) is 54.0. The first-order valence-electron chi connectivity index (χ1n) is 14.0. The van der Waals surface area contributed by atoms with E-state index < -0.39 is 11.6 Å². The van der Waals surface area contributed by atoms with Crippen molar-refractivity contribution in [3.63, 3.8) is 0 Å². The number of carbonyl (C=O) groups is 1. The zero-order chi connectivity index (χ0) is 24.9. The zero-order valence-electron chi connectivity index (χ0n) is 22.6. The number of carbonyl (C=O) groups excluding carboxylic acids is 1. The van der Waals surface area contributed by atoms with Gasteiger partial charge in [0.05, 0.1) is 6.10 Å². The van der Waals surface area contributed by atoms with Crippen molar-refractivity contribution < 1.29 is 19.7 Å². The SMILES string of the molecule is CC(C)=C[C@@H]1CC(O)([C@H]2CC[C@]3(C)[C@@H]2CC[C@@H]2[C@@]4(C)CC[C@H](O)C(C)(C)[C@@H]4CC[C@]23C)C(=O)O1. The molecule has 0 aromatic rings. The molecule has 5 fully saturated rings. The van der Waals surface area contributed by atoms with Crippen LogP contribution in [0.3, 0.4) is 0 Å². The van der Waals surface area contributed by atoms with Gasteiger partial charge < -0.3 is 14.9 Å². The Morgan fingerprint density at radius 2 is 1.56 bits per heavy atom. The molecular formula is C30H48O4. The van der Waals surface area contributed by atoms with Crippen molar-refractivity contribution in [2.45, 2.75) is 124 Å². The molecule has 10 atom stereocenters. The van der Waals surface area contributed by atoms with Crippen LogP contribution in [0.1, 0.15) is 106 Å². The fourth-order valence-corrected chi connectivity index (χ4v) is 10.7. The molecule has 5 aliphatic rings. The van der Waals surface area contributed by atoms with Crippen molar-refractivity contribution in [3.8, 4) is 0 Å². The average Bonchev–Trinajstić information content (AvgIpc) is 3.22. The number of cyclic esters (lactones) is 1. The van der Waals surface area contributed by atoms with Gasteiger partial charge in [-0.15, -0.1) is 0 Å². The quantitative estimate of drug-likeness (QED) is 0.379. The molecule has 1 unspecified atom stereocenters. The average molecular weight is 473 g/mol. The van der Waals surface area contributed by atoms with Gasteiger partial charge in [0.25, 0.3) is 0 Å². The number of allylic oxidation sites excluding steroid dienone is 1. The first-order valence-corrected chi connectivity index (χ1v) is 14.0. The van der Waals surface area contributed by atoms with E-state index in [0.29, 0.717) is 24.2 Å². The van der Waals surface area contributed by atoms with Crippen LogP contribution in [0.15, 0.2) is 11.6 Å². The van der Waals surface area contributed by atoms with E-state index in [1.807, 2.05) is 19.9 Å². The first-order chi connectivity index (χ1) is 15.7. The maximum Gasteiger partial charge on any atom is 0.339 e. The smallest absolute Gasteiger partial charge is 0.339 e. The predicted octanol–water partition coefficient (Wildman–Crippen LogP) is 6.05. The molecule has 0 radical (unpaired) electrons. The molecule has 0 aromatic carbocycles. The molecule has 1 heterocycles. The van der Waals surface area contributed by atoms with E-state index in [4.69, 9.17) is 4.74 Å². The van der Waals surface area contributed by atoms with Crippen LogP contribution in [0.2, 0.25) is 0 Å². The highest BCUT2D eigenvalue weighted by atomic mass is 16.6. The molecular weight excluding hydrogens is 424 g/mol. The zero-order valence-corrected chi connectivity index (χ0v) is 22.6. The van der Waals surface area contributed by atoms with Gasteiger partial charge in [-0.3, -0.25) is 0 Å². The molecule has 4 heteroatoms. The Balaban J connectivity index is 1.46. The molecule has 0 amide bonds. The topological polar surface area (TPSA) is 66.8 Å².